The van der Waals surface area contributed by atoms with Crippen molar-refractivity contribution in [1.82, 2.24) is 9.97 Å². The second-order valence-electron chi connectivity index (χ2n) is 5.37. The number of benzene rings is 1. The van der Waals surface area contributed by atoms with Crippen LogP contribution in [0.3, 0.4) is 0 Å². The Hall–Kier alpha value is -1.42. The Bertz CT molecular complexity index is 608. The fraction of sp³-hybridized carbons (Fsp3) is 0.375. The fourth-order valence-electron chi connectivity index (χ4n) is 2.25. The molecule has 104 valence electrons. The second kappa shape index (κ2) is 5.92. The van der Waals surface area contributed by atoms with Crippen LogP contribution in [0.5, 0.6) is 0 Å². The second-order valence-corrected chi connectivity index (χ2v) is 6.19. The summed E-state index contributed by atoms with van der Waals surface area (Å²) in [5.74, 6) is 2.46. The third kappa shape index (κ3) is 3.57. The van der Waals surface area contributed by atoms with Crippen molar-refractivity contribution in [1.29, 1.82) is 0 Å². The van der Waals surface area contributed by atoms with E-state index >= 15 is 0 Å². The molecule has 1 aliphatic rings. The van der Waals surface area contributed by atoms with Crippen LogP contribution in [0.4, 0.5) is 5.82 Å². The van der Waals surface area contributed by atoms with Crippen molar-refractivity contribution in [3.8, 4) is 0 Å². The minimum Gasteiger partial charge on any atom is -0.370 e. The van der Waals surface area contributed by atoms with Gasteiger partial charge in [-0.25, -0.2) is 9.97 Å². The summed E-state index contributed by atoms with van der Waals surface area (Å²) in [7, 11) is 0. The summed E-state index contributed by atoms with van der Waals surface area (Å²) in [6.07, 6.45) is 3.44. The lowest BCUT2D eigenvalue weighted by molar-refractivity contribution is 0.905. The van der Waals surface area contributed by atoms with Crippen LogP contribution >= 0.6 is 15.9 Å². The first-order valence-electron chi connectivity index (χ1n) is 7.04. The highest BCUT2D eigenvalue weighted by molar-refractivity contribution is 9.10. The van der Waals surface area contributed by atoms with Crippen LogP contribution in [0.25, 0.3) is 0 Å². The van der Waals surface area contributed by atoms with Crippen molar-refractivity contribution in [2.24, 2.45) is 0 Å². The predicted octanol–water partition coefficient (Wildman–Crippen LogP) is 4.08. The first-order valence-corrected chi connectivity index (χ1v) is 7.84. The molecule has 0 amide bonds. The molecule has 1 N–H and O–H groups in total. The first kappa shape index (κ1) is 13.6. The number of aryl methyl sites for hydroxylation is 1. The molecule has 0 saturated heterocycles. The minimum absolute atomic E-state index is 0.574. The van der Waals surface area contributed by atoms with Crippen molar-refractivity contribution in [2.45, 2.75) is 32.1 Å². The van der Waals surface area contributed by atoms with Crippen LogP contribution in [-0.4, -0.2) is 16.5 Å². The molecule has 0 unspecified atom stereocenters. The summed E-state index contributed by atoms with van der Waals surface area (Å²) in [5.41, 5.74) is 2.66. The highest BCUT2D eigenvalue weighted by Crippen LogP contribution is 2.38. The Morgan fingerprint density at radius 1 is 1.25 bits per heavy atom. The molecule has 1 aromatic carbocycles. The van der Waals surface area contributed by atoms with Crippen LogP contribution < -0.4 is 5.32 Å². The molecule has 0 atom stereocenters. The average molecular weight is 332 g/mol. The smallest absolute Gasteiger partial charge is 0.135 e. The molecule has 2 aromatic rings. The summed E-state index contributed by atoms with van der Waals surface area (Å²) in [6.45, 7) is 3.01. The molecule has 0 radical (unpaired) electrons. The van der Waals surface area contributed by atoms with E-state index in [-0.39, 0.29) is 0 Å². The van der Waals surface area contributed by atoms with Gasteiger partial charge in [0.2, 0.25) is 0 Å². The molecule has 0 bridgehead atoms. The van der Waals surface area contributed by atoms with Gasteiger partial charge in [-0.15, -0.1) is 0 Å². The Balaban J connectivity index is 1.60. The maximum Gasteiger partial charge on any atom is 0.135 e. The lowest BCUT2D eigenvalue weighted by Crippen LogP contribution is -2.08. The van der Waals surface area contributed by atoms with Gasteiger partial charge in [0, 0.05) is 18.5 Å². The highest BCUT2D eigenvalue weighted by Gasteiger charge is 2.27. The SMILES string of the molecule is Cc1cccc(CCNc2cc(Br)nc(C3CC3)n2)c1. The highest BCUT2D eigenvalue weighted by atomic mass is 79.9. The molecular weight excluding hydrogens is 314 g/mol. The number of aromatic nitrogens is 2. The summed E-state index contributed by atoms with van der Waals surface area (Å²) < 4.78 is 0.868. The lowest BCUT2D eigenvalue weighted by Gasteiger charge is -2.08. The maximum atomic E-state index is 4.59. The Kier molecular flexibility index (Phi) is 4.01. The molecule has 3 rings (SSSR count). The number of halogens is 1. The van der Waals surface area contributed by atoms with Gasteiger partial charge in [-0.3, -0.25) is 0 Å². The van der Waals surface area contributed by atoms with E-state index in [2.05, 4.69) is 62.4 Å². The van der Waals surface area contributed by atoms with E-state index in [0.29, 0.717) is 5.92 Å². The van der Waals surface area contributed by atoms with E-state index in [1.807, 2.05) is 6.07 Å². The number of rotatable bonds is 5. The quantitative estimate of drug-likeness (QED) is 0.839. The zero-order valence-corrected chi connectivity index (χ0v) is 13.2. The van der Waals surface area contributed by atoms with E-state index < -0.39 is 0 Å². The van der Waals surface area contributed by atoms with Gasteiger partial charge in [0.1, 0.15) is 16.2 Å². The van der Waals surface area contributed by atoms with Gasteiger partial charge in [-0.05, 0) is 47.7 Å². The van der Waals surface area contributed by atoms with Gasteiger partial charge < -0.3 is 5.32 Å². The topological polar surface area (TPSA) is 37.8 Å². The number of hydrogen-bond acceptors (Lipinski definition) is 3. The molecular formula is C16H18BrN3. The molecule has 3 nitrogen and oxygen atoms in total. The molecule has 1 heterocycles. The van der Waals surface area contributed by atoms with E-state index in [4.69, 9.17) is 0 Å². The molecule has 0 spiro atoms. The Morgan fingerprint density at radius 3 is 2.85 bits per heavy atom. The summed E-state index contributed by atoms with van der Waals surface area (Å²) >= 11 is 3.46. The average Bonchev–Trinajstić information content (AvgIpc) is 3.22. The Morgan fingerprint density at radius 2 is 2.10 bits per heavy atom. The summed E-state index contributed by atoms with van der Waals surface area (Å²) in [4.78, 5) is 9.03. The first-order chi connectivity index (χ1) is 9.70. The van der Waals surface area contributed by atoms with E-state index in [0.717, 1.165) is 29.2 Å². The van der Waals surface area contributed by atoms with Gasteiger partial charge >= 0.3 is 0 Å². The zero-order chi connectivity index (χ0) is 13.9. The monoisotopic (exact) mass is 331 g/mol. The third-order valence-electron chi connectivity index (χ3n) is 3.46. The number of hydrogen-bond donors (Lipinski definition) is 1. The van der Waals surface area contributed by atoms with Crippen LogP contribution in [0.1, 0.15) is 35.7 Å². The van der Waals surface area contributed by atoms with Gasteiger partial charge in [-0.1, -0.05) is 29.8 Å². The molecule has 4 heteroatoms. The number of anilines is 1. The standard InChI is InChI=1S/C16H18BrN3/c1-11-3-2-4-12(9-11)7-8-18-15-10-14(17)19-16(20-15)13-5-6-13/h2-4,9-10,13H,5-8H2,1H3,(H,18,19,20). The van der Waals surface area contributed by atoms with Crippen molar-refractivity contribution < 1.29 is 0 Å². The van der Waals surface area contributed by atoms with Crippen molar-refractivity contribution in [2.75, 3.05) is 11.9 Å². The van der Waals surface area contributed by atoms with E-state index in [1.165, 1.54) is 24.0 Å². The van der Waals surface area contributed by atoms with Crippen molar-refractivity contribution in [3.05, 3.63) is 51.9 Å². The van der Waals surface area contributed by atoms with Crippen molar-refractivity contribution >= 4 is 21.7 Å². The largest absolute Gasteiger partial charge is 0.370 e. The predicted molar refractivity (Wildman–Crippen MR) is 85.1 cm³/mol. The number of nitrogens with one attached hydrogen (secondary N) is 1. The minimum atomic E-state index is 0.574. The lowest BCUT2D eigenvalue weighted by atomic mass is 10.1. The van der Waals surface area contributed by atoms with E-state index in [9.17, 15) is 0 Å². The zero-order valence-electron chi connectivity index (χ0n) is 11.6. The van der Waals surface area contributed by atoms with Gasteiger partial charge in [-0.2, -0.15) is 0 Å². The summed E-state index contributed by atoms with van der Waals surface area (Å²) in [5, 5.41) is 3.40. The maximum absolute atomic E-state index is 4.59. The van der Waals surface area contributed by atoms with Gasteiger partial charge in [0.05, 0.1) is 0 Å². The molecule has 20 heavy (non-hydrogen) atoms. The molecule has 1 aromatic heterocycles. The van der Waals surface area contributed by atoms with Crippen LogP contribution in [0, 0.1) is 6.92 Å². The van der Waals surface area contributed by atoms with Gasteiger partial charge in [0.15, 0.2) is 0 Å². The molecule has 1 saturated carbocycles. The normalized spacial score (nSPS) is 14.3. The summed E-state index contributed by atoms with van der Waals surface area (Å²) in [6, 6.07) is 10.6. The third-order valence-corrected chi connectivity index (χ3v) is 3.86. The van der Waals surface area contributed by atoms with Gasteiger partial charge in [0.25, 0.3) is 0 Å². The molecule has 1 fully saturated rings. The van der Waals surface area contributed by atoms with Crippen LogP contribution in [0.15, 0.2) is 34.9 Å². The van der Waals surface area contributed by atoms with Crippen LogP contribution in [0.2, 0.25) is 0 Å². The van der Waals surface area contributed by atoms with Crippen molar-refractivity contribution in [3.63, 3.8) is 0 Å². The number of nitrogens with zero attached hydrogens (tertiary/aromatic N) is 2. The van der Waals surface area contributed by atoms with Crippen LogP contribution in [-0.2, 0) is 6.42 Å². The molecule has 1 aliphatic carbocycles. The molecule has 0 aliphatic heterocycles. The Labute approximate surface area is 128 Å². The van der Waals surface area contributed by atoms with E-state index in [1.54, 1.807) is 0 Å². The fourth-order valence-corrected chi connectivity index (χ4v) is 2.65.